The van der Waals surface area contributed by atoms with Crippen molar-refractivity contribution in [3.05, 3.63) is 69.3 Å². The van der Waals surface area contributed by atoms with Gasteiger partial charge in [-0.3, -0.25) is 14.9 Å². The molecule has 2 atom stereocenters. The van der Waals surface area contributed by atoms with Crippen LogP contribution in [0.2, 0.25) is 0 Å². The van der Waals surface area contributed by atoms with Crippen LogP contribution < -0.4 is 10.6 Å². The topological polar surface area (TPSA) is 127 Å². The van der Waals surface area contributed by atoms with E-state index in [1.165, 1.54) is 18.2 Å². The molecule has 1 heterocycles. The number of aromatic carboxylic acids is 1. The third kappa shape index (κ3) is 5.07. The molecule has 1 amide bonds. The number of benzene rings is 2. The number of hydrogen-bond acceptors (Lipinski definition) is 5. The minimum Gasteiger partial charge on any atom is -0.478 e. The van der Waals surface area contributed by atoms with E-state index in [1.54, 1.807) is 24.3 Å². The molecule has 1 aliphatic heterocycles. The number of amides is 1. The van der Waals surface area contributed by atoms with Gasteiger partial charge in [0.1, 0.15) is 0 Å². The average molecular weight is 440 g/mol. The number of hydrogen-bond donors (Lipinski definition) is 2. The summed E-state index contributed by atoms with van der Waals surface area (Å²) in [6.07, 6.45) is 4.60. The van der Waals surface area contributed by atoms with Gasteiger partial charge in [0.05, 0.1) is 16.4 Å². The predicted octanol–water partition coefficient (Wildman–Crippen LogP) is 4.44. The molecule has 8 heteroatoms. The molecule has 3 rings (SSSR count). The largest absolute Gasteiger partial charge is 0.478 e. The summed E-state index contributed by atoms with van der Waals surface area (Å²) in [7, 11) is 0. The third-order valence-corrected chi connectivity index (χ3v) is 6.14. The highest BCUT2D eigenvalue weighted by molar-refractivity contribution is 5.88. The van der Waals surface area contributed by atoms with E-state index < -0.39 is 22.7 Å². The van der Waals surface area contributed by atoms with Gasteiger partial charge >= 0.3 is 5.97 Å². The fourth-order valence-corrected chi connectivity index (χ4v) is 4.62. The zero-order chi connectivity index (χ0) is 23.3. The number of carboxylic acids is 1. The van der Waals surface area contributed by atoms with Gasteiger partial charge in [0.15, 0.2) is 0 Å². The van der Waals surface area contributed by atoms with E-state index in [4.69, 9.17) is 5.73 Å². The Hall–Kier alpha value is -3.42. The number of carboxylic acid groups (broad SMARTS) is 1. The predicted molar refractivity (Wildman–Crippen MR) is 122 cm³/mol. The van der Waals surface area contributed by atoms with Crippen LogP contribution in [0.4, 0.5) is 11.4 Å². The van der Waals surface area contributed by atoms with Crippen LogP contribution in [0.1, 0.15) is 72.3 Å². The summed E-state index contributed by atoms with van der Waals surface area (Å²) in [6.45, 7) is 3.72. The van der Waals surface area contributed by atoms with Gasteiger partial charge in [0, 0.05) is 36.8 Å². The van der Waals surface area contributed by atoms with Gasteiger partial charge in [-0.05, 0) is 55.0 Å². The number of anilines is 1. The van der Waals surface area contributed by atoms with E-state index >= 15 is 0 Å². The number of carbonyl (C=O) groups is 2. The van der Waals surface area contributed by atoms with Gasteiger partial charge in [-0.25, -0.2) is 4.79 Å². The molecule has 0 spiro atoms. The van der Waals surface area contributed by atoms with E-state index in [1.807, 2.05) is 6.92 Å². The molecular weight excluding hydrogens is 410 g/mol. The lowest BCUT2D eigenvalue weighted by Crippen LogP contribution is -2.32. The molecule has 0 bridgehead atoms. The van der Waals surface area contributed by atoms with E-state index in [-0.39, 0.29) is 17.2 Å². The van der Waals surface area contributed by atoms with Gasteiger partial charge in [-0.1, -0.05) is 25.5 Å². The molecule has 170 valence electrons. The number of primary amides is 1. The second-order valence-electron chi connectivity index (χ2n) is 8.25. The fourth-order valence-electron chi connectivity index (χ4n) is 4.62. The smallest absolute Gasteiger partial charge is 0.335 e. The fraction of sp³-hybridized carbons (Fsp3) is 0.417. The first-order chi connectivity index (χ1) is 15.3. The Kier molecular flexibility index (Phi) is 7.45. The first kappa shape index (κ1) is 23.2. The number of non-ortho nitro benzene ring substituents is 1. The van der Waals surface area contributed by atoms with Crippen molar-refractivity contribution in [3.8, 4) is 0 Å². The van der Waals surface area contributed by atoms with Crippen molar-refractivity contribution < 1.29 is 19.6 Å². The second-order valence-corrected chi connectivity index (χ2v) is 8.25. The van der Waals surface area contributed by atoms with Crippen molar-refractivity contribution in [2.45, 2.75) is 50.9 Å². The van der Waals surface area contributed by atoms with Crippen LogP contribution >= 0.6 is 0 Å². The standard InChI is InChI=1S/C24H29N3O5/c1-2-6-19(22(23(25)28)16-7-9-17(10-8-16)24(29)30)20-15-18(27(31)32)11-12-21(20)26-13-4-3-5-14-26/h7-12,15,19,22H,2-6,13-14H2,1H3,(H2,25,28)(H,29,30). The number of rotatable bonds is 9. The number of nitrogens with two attached hydrogens (primary N) is 1. The molecule has 2 aromatic carbocycles. The molecule has 2 unspecified atom stereocenters. The Morgan fingerprint density at radius 1 is 1.12 bits per heavy atom. The van der Waals surface area contributed by atoms with Crippen molar-refractivity contribution in [3.63, 3.8) is 0 Å². The zero-order valence-electron chi connectivity index (χ0n) is 18.2. The van der Waals surface area contributed by atoms with Crippen molar-refractivity contribution in [1.29, 1.82) is 0 Å². The maximum absolute atomic E-state index is 12.7. The van der Waals surface area contributed by atoms with Gasteiger partial charge in [0.25, 0.3) is 5.69 Å². The van der Waals surface area contributed by atoms with E-state index in [2.05, 4.69) is 4.90 Å². The van der Waals surface area contributed by atoms with Crippen LogP contribution in [0.25, 0.3) is 0 Å². The van der Waals surface area contributed by atoms with Crippen LogP contribution in [-0.4, -0.2) is 35.0 Å². The molecule has 0 aliphatic carbocycles. The van der Waals surface area contributed by atoms with Gasteiger partial charge in [-0.15, -0.1) is 0 Å². The Balaban J connectivity index is 2.13. The number of carbonyl (C=O) groups excluding carboxylic acids is 1. The molecule has 32 heavy (non-hydrogen) atoms. The van der Waals surface area contributed by atoms with Gasteiger partial charge in [0.2, 0.25) is 5.91 Å². The lowest BCUT2D eigenvalue weighted by Gasteiger charge is -2.34. The third-order valence-electron chi connectivity index (χ3n) is 6.14. The second kappa shape index (κ2) is 10.3. The highest BCUT2D eigenvalue weighted by Gasteiger charge is 2.33. The number of nitro groups is 1. The van der Waals surface area contributed by atoms with Crippen molar-refractivity contribution in [1.82, 2.24) is 0 Å². The Morgan fingerprint density at radius 2 is 1.78 bits per heavy atom. The van der Waals surface area contributed by atoms with Crippen LogP contribution in [0, 0.1) is 10.1 Å². The van der Waals surface area contributed by atoms with E-state index in [0.717, 1.165) is 50.0 Å². The maximum Gasteiger partial charge on any atom is 0.335 e. The molecule has 2 aromatic rings. The van der Waals surface area contributed by atoms with Gasteiger partial charge in [-0.2, -0.15) is 0 Å². The lowest BCUT2D eigenvalue weighted by molar-refractivity contribution is -0.384. The first-order valence-electron chi connectivity index (χ1n) is 11.0. The maximum atomic E-state index is 12.7. The number of nitro benzene ring substituents is 1. The van der Waals surface area contributed by atoms with Crippen LogP contribution in [0.5, 0.6) is 0 Å². The summed E-state index contributed by atoms with van der Waals surface area (Å²) in [5.41, 5.74) is 8.21. The zero-order valence-corrected chi connectivity index (χ0v) is 18.2. The summed E-state index contributed by atoms with van der Waals surface area (Å²) >= 11 is 0. The number of nitrogens with zero attached hydrogens (tertiary/aromatic N) is 2. The molecule has 0 saturated carbocycles. The first-order valence-corrected chi connectivity index (χ1v) is 11.0. The van der Waals surface area contributed by atoms with Crippen molar-refractivity contribution in [2.75, 3.05) is 18.0 Å². The van der Waals surface area contributed by atoms with Crippen molar-refractivity contribution >= 4 is 23.3 Å². The molecule has 3 N–H and O–H groups in total. The minimum atomic E-state index is -1.05. The summed E-state index contributed by atoms with van der Waals surface area (Å²) in [5, 5.41) is 20.7. The summed E-state index contributed by atoms with van der Waals surface area (Å²) in [4.78, 5) is 37.3. The summed E-state index contributed by atoms with van der Waals surface area (Å²) in [5.74, 6) is -2.70. The molecule has 1 fully saturated rings. The summed E-state index contributed by atoms with van der Waals surface area (Å²) in [6, 6.07) is 11.0. The molecule has 8 nitrogen and oxygen atoms in total. The summed E-state index contributed by atoms with van der Waals surface area (Å²) < 4.78 is 0. The Bertz CT molecular complexity index is 984. The van der Waals surface area contributed by atoms with Crippen LogP contribution in [0.3, 0.4) is 0 Å². The van der Waals surface area contributed by atoms with E-state index in [0.29, 0.717) is 12.0 Å². The van der Waals surface area contributed by atoms with E-state index in [9.17, 15) is 24.8 Å². The quantitative estimate of drug-likeness (QED) is 0.439. The molecule has 0 radical (unpaired) electrons. The monoisotopic (exact) mass is 439 g/mol. The Labute approximate surface area is 187 Å². The normalized spacial score (nSPS) is 15.7. The molecule has 0 aromatic heterocycles. The molecule has 1 aliphatic rings. The molecule has 1 saturated heterocycles. The van der Waals surface area contributed by atoms with Crippen molar-refractivity contribution in [2.24, 2.45) is 5.73 Å². The molecular formula is C24H29N3O5. The van der Waals surface area contributed by atoms with Gasteiger partial charge < -0.3 is 15.7 Å². The highest BCUT2D eigenvalue weighted by Crippen LogP contribution is 2.43. The Morgan fingerprint density at radius 3 is 2.31 bits per heavy atom. The van der Waals surface area contributed by atoms with Crippen LogP contribution in [0.15, 0.2) is 42.5 Å². The lowest BCUT2D eigenvalue weighted by atomic mass is 9.77. The SMILES string of the molecule is CCCC(c1cc([N+](=O)[O-])ccc1N1CCCCC1)C(C(N)=O)c1ccc(C(=O)O)cc1. The minimum absolute atomic E-state index is 0.0219. The highest BCUT2D eigenvalue weighted by atomic mass is 16.6. The number of piperidine rings is 1. The van der Waals surface area contributed by atoms with Crippen LogP contribution in [-0.2, 0) is 4.79 Å². The average Bonchev–Trinajstić information content (AvgIpc) is 2.79.